The van der Waals surface area contributed by atoms with Crippen LogP contribution in [-0.4, -0.2) is 23.0 Å². The number of aryl methyl sites for hydroxylation is 1. The quantitative estimate of drug-likeness (QED) is 0.682. The first-order valence-electron chi connectivity index (χ1n) is 6.80. The number of nitrogens with zero attached hydrogens (tertiary/aromatic N) is 1. The highest BCUT2D eigenvalue weighted by Gasteiger charge is 2.28. The molecule has 2 aromatic heterocycles. The van der Waals surface area contributed by atoms with Gasteiger partial charge in [0.05, 0.1) is 12.8 Å². The largest absolute Gasteiger partial charge is 0.465 e. The summed E-state index contributed by atoms with van der Waals surface area (Å²) in [5.41, 5.74) is 3.74. The van der Waals surface area contributed by atoms with Gasteiger partial charge in [-0.15, -0.1) is 11.3 Å². The topological polar surface area (TPSA) is 55.0 Å². The number of carbonyl (C=O) groups is 1. The van der Waals surface area contributed by atoms with Gasteiger partial charge in [-0.2, -0.15) is 0 Å². The summed E-state index contributed by atoms with van der Waals surface area (Å²) in [7, 11) is 1.40. The number of hydrogen-bond acceptors (Lipinski definition) is 5. The lowest BCUT2D eigenvalue weighted by atomic mass is 10.0. The van der Waals surface area contributed by atoms with Gasteiger partial charge in [0, 0.05) is 17.0 Å². The van der Waals surface area contributed by atoms with Crippen LogP contribution in [0.5, 0.6) is 0 Å². The number of aromatic amines is 1. The standard InChI is InChI=1S/C15H16N2O2S2/c1-7-6-21-12(15(18)19-3)10(7)11-8(2)14(20)17-13(16-11)9-4-5-9/h6,9H,4-5H2,1-3H3,(H,16,17,20). The Bertz CT molecular complexity index is 772. The minimum absolute atomic E-state index is 0.313. The molecule has 4 nitrogen and oxygen atoms in total. The molecule has 0 saturated heterocycles. The minimum atomic E-state index is -0.313. The summed E-state index contributed by atoms with van der Waals surface area (Å²) in [6, 6.07) is 0. The fourth-order valence-corrected chi connectivity index (χ4v) is 3.52. The number of aromatic nitrogens is 2. The van der Waals surface area contributed by atoms with Crippen LogP contribution in [0.4, 0.5) is 0 Å². The molecule has 110 valence electrons. The Kier molecular flexibility index (Phi) is 3.67. The second kappa shape index (κ2) is 5.35. The van der Waals surface area contributed by atoms with Crippen molar-refractivity contribution in [3.8, 4) is 11.3 Å². The van der Waals surface area contributed by atoms with E-state index in [9.17, 15) is 4.79 Å². The first kappa shape index (κ1) is 14.4. The lowest BCUT2D eigenvalue weighted by Crippen LogP contribution is -2.04. The second-order valence-corrected chi connectivity index (χ2v) is 6.58. The molecule has 1 aliphatic rings. The van der Waals surface area contributed by atoms with Gasteiger partial charge in [0.2, 0.25) is 0 Å². The van der Waals surface area contributed by atoms with Gasteiger partial charge in [-0.25, -0.2) is 9.78 Å². The molecule has 1 N–H and O–H groups in total. The molecule has 0 spiro atoms. The van der Waals surface area contributed by atoms with E-state index in [0.29, 0.717) is 15.4 Å². The summed E-state index contributed by atoms with van der Waals surface area (Å²) in [6.07, 6.45) is 2.29. The van der Waals surface area contributed by atoms with Crippen LogP contribution in [0, 0.1) is 18.5 Å². The van der Waals surface area contributed by atoms with Gasteiger partial charge in [0.15, 0.2) is 0 Å². The summed E-state index contributed by atoms with van der Waals surface area (Å²) in [6.45, 7) is 3.93. The van der Waals surface area contributed by atoms with E-state index in [2.05, 4.69) is 9.97 Å². The van der Waals surface area contributed by atoms with E-state index in [1.807, 2.05) is 19.2 Å². The molecule has 1 saturated carbocycles. The molecule has 1 fully saturated rings. The molecule has 0 aromatic carbocycles. The van der Waals surface area contributed by atoms with Gasteiger partial charge in [-0.1, -0.05) is 12.2 Å². The van der Waals surface area contributed by atoms with Crippen molar-refractivity contribution in [2.45, 2.75) is 32.6 Å². The molecule has 1 aliphatic carbocycles. The van der Waals surface area contributed by atoms with E-state index < -0.39 is 0 Å². The highest BCUT2D eigenvalue weighted by molar-refractivity contribution is 7.71. The van der Waals surface area contributed by atoms with Crippen LogP contribution in [0.2, 0.25) is 0 Å². The van der Waals surface area contributed by atoms with Crippen LogP contribution in [0.3, 0.4) is 0 Å². The predicted octanol–water partition coefficient (Wildman–Crippen LogP) is 4.15. The molecule has 21 heavy (non-hydrogen) atoms. The fourth-order valence-electron chi connectivity index (χ4n) is 2.35. The van der Waals surface area contributed by atoms with Gasteiger partial charge in [-0.3, -0.25) is 0 Å². The van der Waals surface area contributed by atoms with E-state index in [4.69, 9.17) is 17.0 Å². The number of carbonyl (C=O) groups excluding carboxylic acids is 1. The molecular formula is C15H16N2O2S2. The number of rotatable bonds is 3. The SMILES string of the molecule is COC(=O)c1scc(C)c1-c1[nH]c(C2CC2)nc(=S)c1C. The summed E-state index contributed by atoms with van der Waals surface area (Å²) >= 11 is 6.79. The Hall–Kier alpha value is -1.53. The first-order valence-corrected chi connectivity index (χ1v) is 8.09. The van der Waals surface area contributed by atoms with Gasteiger partial charge in [0.1, 0.15) is 15.3 Å². The Morgan fingerprint density at radius 3 is 2.81 bits per heavy atom. The van der Waals surface area contributed by atoms with E-state index in [-0.39, 0.29) is 5.97 Å². The number of hydrogen-bond donors (Lipinski definition) is 1. The van der Waals surface area contributed by atoms with Crippen molar-refractivity contribution in [3.05, 3.63) is 31.8 Å². The number of esters is 1. The van der Waals surface area contributed by atoms with Crippen LogP contribution >= 0.6 is 23.6 Å². The van der Waals surface area contributed by atoms with Crippen LogP contribution in [-0.2, 0) is 4.74 Å². The van der Waals surface area contributed by atoms with Crippen molar-refractivity contribution in [3.63, 3.8) is 0 Å². The van der Waals surface area contributed by atoms with Crippen LogP contribution < -0.4 is 0 Å². The lowest BCUT2D eigenvalue weighted by molar-refractivity contribution is 0.0607. The maximum atomic E-state index is 12.0. The number of ether oxygens (including phenoxy) is 1. The number of nitrogens with one attached hydrogen (secondary N) is 1. The minimum Gasteiger partial charge on any atom is -0.465 e. The molecule has 3 rings (SSSR count). The maximum Gasteiger partial charge on any atom is 0.348 e. The summed E-state index contributed by atoms with van der Waals surface area (Å²) in [5, 5.41) is 1.97. The van der Waals surface area contributed by atoms with E-state index in [1.165, 1.54) is 18.4 Å². The zero-order valence-electron chi connectivity index (χ0n) is 12.1. The molecule has 2 heterocycles. The van der Waals surface area contributed by atoms with Gasteiger partial charge >= 0.3 is 5.97 Å². The monoisotopic (exact) mass is 320 g/mol. The van der Waals surface area contributed by atoms with Gasteiger partial charge in [0.25, 0.3) is 0 Å². The Balaban J connectivity index is 2.23. The van der Waals surface area contributed by atoms with Crippen molar-refractivity contribution < 1.29 is 9.53 Å². The van der Waals surface area contributed by atoms with E-state index in [0.717, 1.165) is 41.1 Å². The third kappa shape index (κ3) is 2.53. The highest BCUT2D eigenvalue weighted by Crippen LogP contribution is 2.40. The fraction of sp³-hybridized carbons (Fsp3) is 0.400. The van der Waals surface area contributed by atoms with Crippen molar-refractivity contribution in [1.82, 2.24) is 9.97 Å². The molecule has 6 heteroatoms. The first-order chi connectivity index (χ1) is 10.0. The normalized spacial score (nSPS) is 14.2. The van der Waals surface area contributed by atoms with E-state index in [1.54, 1.807) is 0 Å². The Labute approximate surface area is 132 Å². The van der Waals surface area contributed by atoms with Gasteiger partial charge < -0.3 is 9.72 Å². The average Bonchev–Trinajstić information content (AvgIpc) is 3.24. The molecular weight excluding hydrogens is 304 g/mol. The molecule has 0 unspecified atom stereocenters. The maximum absolute atomic E-state index is 12.0. The highest BCUT2D eigenvalue weighted by atomic mass is 32.1. The zero-order valence-corrected chi connectivity index (χ0v) is 13.8. The van der Waals surface area contributed by atoms with E-state index >= 15 is 0 Å². The lowest BCUT2D eigenvalue weighted by Gasteiger charge is -2.11. The second-order valence-electron chi connectivity index (χ2n) is 5.32. The van der Waals surface area contributed by atoms with Crippen molar-refractivity contribution in [1.29, 1.82) is 0 Å². The van der Waals surface area contributed by atoms with Crippen molar-refractivity contribution >= 4 is 29.5 Å². The number of thiophene rings is 1. The summed E-state index contributed by atoms with van der Waals surface area (Å²) < 4.78 is 5.49. The molecule has 0 atom stereocenters. The summed E-state index contributed by atoms with van der Waals surface area (Å²) in [4.78, 5) is 20.5. The predicted molar refractivity (Wildman–Crippen MR) is 85.5 cm³/mol. The zero-order chi connectivity index (χ0) is 15.1. The molecule has 0 radical (unpaired) electrons. The average molecular weight is 320 g/mol. The number of H-pyrrole nitrogens is 1. The number of methoxy groups -OCH3 is 1. The molecule has 0 amide bonds. The van der Waals surface area contributed by atoms with Crippen LogP contribution in [0.25, 0.3) is 11.3 Å². The van der Waals surface area contributed by atoms with Gasteiger partial charge in [-0.05, 0) is 37.6 Å². The molecule has 0 bridgehead atoms. The molecule has 0 aliphatic heterocycles. The molecule has 2 aromatic rings. The smallest absolute Gasteiger partial charge is 0.348 e. The third-order valence-corrected chi connectivity index (χ3v) is 5.21. The Morgan fingerprint density at radius 1 is 1.48 bits per heavy atom. The van der Waals surface area contributed by atoms with Crippen LogP contribution in [0.15, 0.2) is 5.38 Å². The Morgan fingerprint density at radius 2 is 2.19 bits per heavy atom. The summed E-state index contributed by atoms with van der Waals surface area (Å²) in [5.74, 6) is 1.10. The van der Waals surface area contributed by atoms with Crippen LogP contribution in [0.1, 0.15) is 45.4 Å². The third-order valence-electron chi connectivity index (χ3n) is 3.73. The van der Waals surface area contributed by atoms with Crippen molar-refractivity contribution in [2.75, 3.05) is 7.11 Å². The van der Waals surface area contributed by atoms with Crippen molar-refractivity contribution in [2.24, 2.45) is 0 Å².